The molecule has 11 heteroatoms. The Balaban J connectivity index is 1.70. The minimum atomic E-state index is -1.17. The van der Waals surface area contributed by atoms with Crippen molar-refractivity contribution in [2.75, 3.05) is 37.0 Å². The topological polar surface area (TPSA) is 123 Å². The SMILES string of the molecule is Cc1nc(NNC(=O)[C@@H](CNC(=O)O)CC2CCCC2)c(F)c(N2CCC[C@H]2CN(C)C(C)C)n1. The van der Waals surface area contributed by atoms with E-state index in [1.165, 1.54) is 0 Å². The lowest BCUT2D eigenvalue weighted by Crippen LogP contribution is -2.43. The van der Waals surface area contributed by atoms with Crippen molar-refractivity contribution in [1.29, 1.82) is 0 Å². The number of hydrazine groups is 1. The minimum absolute atomic E-state index is 0.00864. The van der Waals surface area contributed by atoms with Gasteiger partial charge in [0, 0.05) is 31.7 Å². The smallest absolute Gasteiger partial charge is 0.404 e. The molecule has 0 spiro atoms. The predicted molar refractivity (Wildman–Crippen MR) is 133 cm³/mol. The van der Waals surface area contributed by atoms with Crippen molar-refractivity contribution in [3.8, 4) is 0 Å². The van der Waals surface area contributed by atoms with Gasteiger partial charge >= 0.3 is 6.09 Å². The van der Waals surface area contributed by atoms with Gasteiger partial charge in [-0.1, -0.05) is 25.7 Å². The Labute approximate surface area is 207 Å². The summed E-state index contributed by atoms with van der Waals surface area (Å²) >= 11 is 0. The molecular formula is C24H40FN7O3. The first-order chi connectivity index (χ1) is 16.7. The van der Waals surface area contributed by atoms with Gasteiger partial charge in [0.25, 0.3) is 0 Å². The molecule has 0 bridgehead atoms. The molecule has 2 fully saturated rings. The van der Waals surface area contributed by atoms with Crippen LogP contribution in [0.4, 0.5) is 20.8 Å². The first-order valence-corrected chi connectivity index (χ1v) is 12.7. The number of nitrogens with zero attached hydrogens (tertiary/aromatic N) is 4. The molecule has 3 rings (SSSR count). The van der Waals surface area contributed by atoms with Gasteiger partial charge < -0.3 is 20.2 Å². The highest BCUT2D eigenvalue weighted by atomic mass is 19.1. The molecule has 0 radical (unpaired) electrons. The number of nitrogens with one attached hydrogen (secondary N) is 3. The quantitative estimate of drug-likeness (QED) is 0.347. The third-order valence-electron chi connectivity index (χ3n) is 7.24. The van der Waals surface area contributed by atoms with Crippen LogP contribution >= 0.6 is 0 Å². The van der Waals surface area contributed by atoms with Crippen molar-refractivity contribution >= 4 is 23.6 Å². The second-order valence-electron chi connectivity index (χ2n) is 10.2. The molecule has 196 valence electrons. The molecule has 2 atom stereocenters. The predicted octanol–water partition coefficient (Wildman–Crippen LogP) is 3.14. The molecule has 2 aliphatic rings. The van der Waals surface area contributed by atoms with Gasteiger partial charge in [-0.15, -0.1) is 0 Å². The highest BCUT2D eigenvalue weighted by Gasteiger charge is 2.31. The Bertz CT molecular complexity index is 879. The molecule has 2 heterocycles. The van der Waals surface area contributed by atoms with Crippen LogP contribution in [0.25, 0.3) is 0 Å². The summed E-state index contributed by atoms with van der Waals surface area (Å²) in [5, 5.41) is 11.3. The van der Waals surface area contributed by atoms with Gasteiger partial charge in [0.15, 0.2) is 11.6 Å². The highest BCUT2D eigenvalue weighted by molar-refractivity contribution is 5.80. The number of anilines is 2. The minimum Gasteiger partial charge on any atom is -0.465 e. The van der Waals surface area contributed by atoms with Crippen molar-refractivity contribution < 1.29 is 19.1 Å². The number of likely N-dealkylation sites (N-methyl/N-ethyl adjacent to an activating group) is 1. The maximum absolute atomic E-state index is 15.5. The average Bonchev–Trinajstić information content (AvgIpc) is 3.48. The van der Waals surface area contributed by atoms with Crippen LogP contribution in [0, 0.1) is 24.6 Å². The molecule has 1 aromatic rings. The molecule has 0 aromatic carbocycles. The first-order valence-electron chi connectivity index (χ1n) is 12.7. The molecule has 35 heavy (non-hydrogen) atoms. The number of carbonyl (C=O) groups is 2. The second-order valence-corrected chi connectivity index (χ2v) is 10.2. The molecule has 4 N–H and O–H groups in total. The zero-order chi connectivity index (χ0) is 25.5. The molecule has 10 nitrogen and oxygen atoms in total. The molecular weight excluding hydrogens is 453 g/mol. The van der Waals surface area contributed by atoms with E-state index in [9.17, 15) is 9.59 Å². The lowest BCUT2D eigenvalue weighted by molar-refractivity contribution is -0.124. The Morgan fingerprint density at radius 3 is 2.57 bits per heavy atom. The number of hydrogen-bond donors (Lipinski definition) is 4. The van der Waals surface area contributed by atoms with E-state index in [1.807, 2.05) is 4.90 Å². The Hall–Kier alpha value is -2.69. The molecule has 1 saturated carbocycles. The number of hydrogen-bond acceptors (Lipinski definition) is 7. The van der Waals surface area contributed by atoms with Crippen molar-refractivity contribution in [2.24, 2.45) is 11.8 Å². The van der Waals surface area contributed by atoms with Crippen LogP contribution in [-0.4, -0.2) is 70.7 Å². The van der Waals surface area contributed by atoms with E-state index in [2.05, 4.69) is 51.9 Å². The van der Waals surface area contributed by atoms with Crippen LogP contribution in [0.3, 0.4) is 0 Å². The maximum Gasteiger partial charge on any atom is 0.404 e. The summed E-state index contributed by atoms with van der Waals surface area (Å²) in [6, 6.07) is 0.529. The molecule has 1 aliphatic carbocycles. The summed E-state index contributed by atoms with van der Waals surface area (Å²) in [4.78, 5) is 36.7. The third-order valence-corrected chi connectivity index (χ3v) is 7.24. The van der Waals surface area contributed by atoms with Gasteiger partial charge in [-0.3, -0.25) is 15.6 Å². The number of aromatic nitrogens is 2. The van der Waals surface area contributed by atoms with E-state index >= 15 is 4.39 Å². The summed E-state index contributed by atoms with van der Waals surface area (Å²) in [5.41, 5.74) is 5.21. The largest absolute Gasteiger partial charge is 0.465 e. The average molecular weight is 494 g/mol. The zero-order valence-electron chi connectivity index (χ0n) is 21.3. The number of amides is 2. The fraction of sp³-hybridized carbons (Fsp3) is 0.750. The first kappa shape index (κ1) is 26.9. The molecule has 2 amide bonds. The van der Waals surface area contributed by atoms with Gasteiger partial charge in [0.05, 0.1) is 5.92 Å². The fourth-order valence-corrected chi connectivity index (χ4v) is 5.03. The van der Waals surface area contributed by atoms with Crippen LogP contribution in [-0.2, 0) is 4.79 Å². The van der Waals surface area contributed by atoms with Crippen molar-refractivity contribution in [3.05, 3.63) is 11.6 Å². The molecule has 1 saturated heterocycles. The molecule has 1 aromatic heterocycles. The van der Waals surface area contributed by atoms with E-state index < -0.39 is 17.8 Å². The fourth-order valence-electron chi connectivity index (χ4n) is 5.03. The van der Waals surface area contributed by atoms with Crippen LogP contribution in [0.2, 0.25) is 0 Å². The maximum atomic E-state index is 15.5. The van der Waals surface area contributed by atoms with Crippen molar-refractivity contribution in [2.45, 2.75) is 77.8 Å². The molecule has 1 aliphatic heterocycles. The summed E-state index contributed by atoms with van der Waals surface area (Å²) in [5.74, 6) is -0.607. The number of rotatable bonds is 11. The molecule has 0 unspecified atom stereocenters. The van der Waals surface area contributed by atoms with Gasteiger partial charge in [-0.2, -0.15) is 4.39 Å². The standard InChI is InChI=1S/C24H40FN7O3/c1-15(2)31(4)14-19-10-7-11-32(19)22-20(25)21(27-16(3)28-22)29-30-23(33)18(13-26-24(34)35)12-17-8-5-6-9-17/h15,17-19,26H,5-14H2,1-4H3,(H,30,33)(H,34,35)(H,27,28,29)/t18-,19+/m1/s1. The van der Waals surface area contributed by atoms with Crippen LogP contribution in [0.15, 0.2) is 0 Å². The number of carbonyl (C=O) groups excluding carboxylic acids is 1. The Morgan fingerprint density at radius 1 is 1.20 bits per heavy atom. The lowest BCUT2D eigenvalue weighted by Gasteiger charge is -2.31. The second kappa shape index (κ2) is 12.3. The normalized spacial score (nSPS) is 19.4. The summed E-state index contributed by atoms with van der Waals surface area (Å²) < 4.78 is 15.5. The van der Waals surface area contributed by atoms with Gasteiger partial charge in [0.2, 0.25) is 11.7 Å². The van der Waals surface area contributed by atoms with Gasteiger partial charge in [-0.25, -0.2) is 14.8 Å². The summed E-state index contributed by atoms with van der Waals surface area (Å²) in [7, 11) is 2.06. The monoisotopic (exact) mass is 493 g/mol. The number of carboxylic acid groups (broad SMARTS) is 1. The Kier molecular flexibility index (Phi) is 9.47. The van der Waals surface area contributed by atoms with E-state index in [1.54, 1.807) is 6.92 Å². The van der Waals surface area contributed by atoms with Crippen molar-refractivity contribution in [1.82, 2.24) is 25.6 Å². The third kappa shape index (κ3) is 7.39. The van der Waals surface area contributed by atoms with Crippen LogP contribution < -0.4 is 21.1 Å². The van der Waals surface area contributed by atoms with Crippen LogP contribution in [0.5, 0.6) is 0 Å². The Morgan fingerprint density at radius 2 is 1.91 bits per heavy atom. The van der Waals surface area contributed by atoms with Gasteiger partial charge in [-0.05, 0) is 53.0 Å². The number of aryl methyl sites for hydroxylation is 1. The van der Waals surface area contributed by atoms with Crippen LogP contribution in [0.1, 0.15) is 64.6 Å². The lowest BCUT2D eigenvalue weighted by atomic mass is 9.92. The van der Waals surface area contributed by atoms with E-state index in [4.69, 9.17) is 5.11 Å². The summed E-state index contributed by atoms with van der Waals surface area (Å²) in [6.45, 7) is 7.48. The van der Waals surface area contributed by atoms with E-state index in [0.717, 1.165) is 45.1 Å². The number of halogens is 1. The van der Waals surface area contributed by atoms with E-state index in [0.29, 0.717) is 30.7 Å². The zero-order valence-corrected chi connectivity index (χ0v) is 21.3. The summed E-state index contributed by atoms with van der Waals surface area (Å²) in [6.07, 6.45) is 5.66. The van der Waals surface area contributed by atoms with E-state index in [-0.39, 0.29) is 30.1 Å². The van der Waals surface area contributed by atoms with Crippen molar-refractivity contribution in [3.63, 3.8) is 0 Å². The van der Waals surface area contributed by atoms with Gasteiger partial charge in [0.1, 0.15) is 5.82 Å². The highest BCUT2D eigenvalue weighted by Crippen LogP contribution is 2.31.